The van der Waals surface area contributed by atoms with Crippen molar-refractivity contribution in [1.82, 2.24) is 31.9 Å². The highest BCUT2D eigenvalue weighted by Crippen LogP contribution is 2.23. The number of aldehydes is 1. The lowest BCUT2D eigenvalue weighted by molar-refractivity contribution is -0.147. The summed E-state index contributed by atoms with van der Waals surface area (Å²) < 4.78 is 58.5. The molecule has 63 heavy (non-hydrogen) atoms. The standard InChI is InChI=1S/C44H57F3N6O10/c1-26(2)19-31(37(56)48-30(22-54)21-44(45,46)47)50-42(61)36(43(4,5)6)53-38(57)32(20-29-16-11-10-13-27(29)3)49-40(59)34(25-62-24-28-14-8-7-9-15-28)52-39(58)33(23-55)51-41(60)35-17-12-18-63-35/h7-18,22,26,30-34,36,55H,19-21,23-25H2,1-6H3,(H,48,56)(H,49,59)(H,50,61)(H,51,60)(H,52,58)(H,53,57)/t30?,31-,32-,33-,34-,36+/m0/s1/i24D/t24?,30?,31-,32-,33-,34-,36+. The number of ether oxygens (including phenoxy) is 1. The van der Waals surface area contributed by atoms with Gasteiger partial charge in [0.1, 0.15) is 36.5 Å². The summed E-state index contributed by atoms with van der Waals surface area (Å²) in [6, 6.07) is 8.50. The topological polar surface area (TPSA) is 234 Å². The van der Waals surface area contributed by atoms with Crippen LogP contribution in [0.1, 0.15) is 76.1 Å². The third kappa shape index (κ3) is 17.3. The number of nitrogens with one attached hydrogen (secondary N) is 6. The van der Waals surface area contributed by atoms with E-state index in [2.05, 4.69) is 26.6 Å². The molecule has 0 spiro atoms. The molecule has 0 bridgehead atoms. The number of carbonyl (C=O) groups is 7. The fourth-order valence-corrected chi connectivity index (χ4v) is 6.14. The molecule has 2 aromatic carbocycles. The summed E-state index contributed by atoms with van der Waals surface area (Å²) >= 11 is 0. The number of halogens is 3. The van der Waals surface area contributed by atoms with Crippen molar-refractivity contribution in [3.8, 4) is 0 Å². The number of alkyl halides is 3. The second-order valence-corrected chi connectivity index (χ2v) is 16.4. The van der Waals surface area contributed by atoms with Crippen LogP contribution in [0.25, 0.3) is 0 Å². The molecule has 1 aromatic heterocycles. The highest BCUT2D eigenvalue weighted by Gasteiger charge is 2.39. The molecule has 2 unspecified atom stereocenters. The van der Waals surface area contributed by atoms with Crippen LogP contribution in [0.3, 0.4) is 0 Å². The minimum absolute atomic E-state index is 0.0474. The summed E-state index contributed by atoms with van der Waals surface area (Å²) in [6.07, 6.45) is -5.43. The smallest absolute Gasteiger partial charge is 0.391 e. The summed E-state index contributed by atoms with van der Waals surface area (Å²) in [7, 11) is 0. The molecular weight excluding hydrogens is 830 g/mol. The first kappa shape index (κ1) is 49.6. The van der Waals surface area contributed by atoms with E-state index in [9.17, 15) is 51.8 Å². The lowest BCUT2D eigenvalue weighted by Gasteiger charge is -2.34. The lowest BCUT2D eigenvalue weighted by atomic mass is 9.85. The third-order valence-corrected chi connectivity index (χ3v) is 9.48. The quantitative estimate of drug-likeness (QED) is 0.0689. The number of furan rings is 1. The number of benzene rings is 2. The van der Waals surface area contributed by atoms with E-state index in [1.807, 2.05) is 5.32 Å². The van der Waals surface area contributed by atoms with E-state index in [-0.39, 0.29) is 30.8 Å². The van der Waals surface area contributed by atoms with Crippen LogP contribution in [0.5, 0.6) is 0 Å². The van der Waals surface area contributed by atoms with Crippen molar-refractivity contribution < 1.29 is 62.4 Å². The van der Waals surface area contributed by atoms with Gasteiger partial charge in [0.05, 0.1) is 39.9 Å². The van der Waals surface area contributed by atoms with Gasteiger partial charge >= 0.3 is 6.18 Å². The molecular formula is C44H57F3N6O10. The molecule has 0 radical (unpaired) electrons. The van der Waals surface area contributed by atoms with E-state index < -0.39 is 110 Å². The Hall–Kier alpha value is -6.08. The number of aliphatic hydroxyl groups is 1. The molecule has 0 saturated carbocycles. The molecule has 0 aliphatic heterocycles. The van der Waals surface area contributed by atoms with Gasteiger partial charge in [0, 0.05) is 6.42 Å². The van der Waals surface area contributed by atoms with Crippen molar-refractivity contribution in [3.63, 3.8) is 0 Å². The number of aliphatic hydroxyl groups excluding tert-OH is 1. The maximum absolute atomic E-state index is 14.4. The maximum Gasteiger partial charge on any atom is 0.391 e. The van der Waals surface area contributed by atoms with Crippen molar-refractivity contribution in [2.45, 2.75) is 110 Å². The predicted octanol–water partition coefficient (Wildman–Crippen LogP) is 2.81. The monoisotopic (exact) mass is 887 g/mol. The number of amides is 6. The van der Waals surface area contributed by atoms with Gasteiger partial charge in [-0.1, -0.05) is 89.2 Å². The molecule has 3 rings (SSSR count). The average molecular weight is 888 g/mol. The van der Waals surface area contributed by atoms with Crippen molar-refractivity contribution in [2.24, 2.45) is 11.3 Å². The second kappa shape index (κ2) is 23.9. The first-order valence-corrected chi connectivity index (χ1v) is 20.1. The largest absolute Gasteiger partial charge is 0.459 e. The minimum atomic E-state index is -4.77. The summed E-state index contributed by atoms with van der Waals surface area (Å²) in [5.41, 5.74) is 0.660. The molecule has 6 amide bonds. The zero-order chi connectivity index (χ0) is 47.8. The zero-order valence-electron chi connectivity index (χ0n) is 36.9. The molecule has 7 N–H and O–H groups in total. The number of rotatable bonds is 23. The molecule has 1 heterocycles. The fraction of sp³-hybridized carbons (Fsp3) is 0.477. The minimum Gasteiger partial charge on any atom is -0.459 e. The Morgan fingerprint density at radius 2 is 1.35 bits per heavy atom. The Labute approximate surface area is 365 Å². The fourth-order valence-electron chi connectivity index (χ4n) is 6.14. The predicted molar refractivity (Wildman–Crippen MR) is 223 cm³/mol. The summed E-state index contributed by atoms with van der Waals surface area (Å²) in [6.45, 7) is 7.10. The number of hydrogen-bond acceptors (Lipinski definition) is 10. The first-order valence-electron chi connectivity index (χ1n) is 20.7. The van der Waals surface area contributed by atoms with Gasteiger partial charge in [-0.25, -0.2) is 0 Å². The molecule has 344 valence electrons. The van der Waals surface area contributed by atoms with Gasteiger partial charge in [-0.15, -0.1) is 0 Å². The highest BCUT2D eigenvalue weighted by molar-refractivity contribution is 5.98. The molecule has 19 heteroatoms. The highest BCUT2D eigenvalue weighted by atomic mass is 19.4. The Morgan fingerprint density at radius 3 is 1.92 bits per heavy atom. The molecule has 7 atom stereocenters. The van der Waals surface area contributed by atoms with E-state index in [1.54, 1.807) is 96.1 Å². The number of carbonyl (C=O) groups excluding carboxylic acids is 7. The van der Waals surface area contributed by atoms with E-state index in [0.29, 0.717) is 11.1 Å². The van der Waals surface area contributed by atoms with Gasteiger partial charge < -0.3 is 51.0 Å². The molecule has 0 aliphatic carbocycles. The lowest BCUT2D eigenvalue weighted by Crippen LogP contribution is -2.62. The molecule has 16 nitrogen and oxygen atoms in total. The summed E-state index contributed by atoms with van der Waals surface area (Å²) in [4.78, 5) is 93.5. The Balaban J connectivity index is 1.95. The Morgan fingerprint density at radius 1 is 0.762 bits per heavy atom. The first-order chi connectivity index (χ1) is 30.0. The second-order valence-electron chi connectivity index (χ2n) is 16.4. The van der Waals surface area contributed by atoms with Crippen LogP contribution in [0.2, 0.25) is 0 Å². The molecule has 3 aromatic rings. The van der Waals surface area contributed by atoms with Crippen molar-refractivity contribution in [3.05, 3.63) is 95.4 Å². The Bertz CT molecular complexity index is 2030. The van der Waals surface area contributed by atoms with Gasteiger partial charge in [-0.3, -0.25) is 28.8 Å². The third-order valence-electron chi connectivity index (χ3n) is 9.48. The Kier molecular flexibility index (Phi) is 18.8. The van der Waals surface area contributed by atoms with Gasteiger partial charge in [0.25, 0.3) is 5.91 Å². The van der Waals surface area contributed by atoms with E-state index >= 15 is 0 Å². The van der Waals surface area contributed by atoms with Crippen LogP contribution in [0, 0.1) is 18.3 Å². The van der Waals surface area contributed by atoms with Crippen molar-refractivity contribution >= 4 is 41.7 Å². The zero-order valence-corrected chi connectivity index (χ0v) is 35.9. The van der Waals surface area contributed by atoms with Gasteiger partial charge in [0.2, 0.25) is 29.5 Å². The van der Waals surface area contributed by atoms with Crippen LogP contribution in [0.15, 0.2) is 77.4 Å². The van der Waals surface area contributed by atoms with E-state index in [0.717, 1.165) is 5.56 Å². The maximum atomic E-state index is 14.4. The summed E-state index contributed by atoms with van der Waals surface area (Å²) in [5.74, 6) is -6.14. The number of hydrogen-bond donors (Lipinski definition) is 7. The van der Waals surface area contributed by atoms with E-state index in [1.165, 1.54) is 18.4 Å². The molecule has 0 fully saturated rings. The van der Waals surface area contributed by atoms with Gasteiger partial charge in [-0.2, -0.15) is 13.2 Å². The number of aryl methyl sites for hydroxylation is 1. The van der Waals surface area contributed by atoms with E-state index in [4.69, 9.17) is 10.5 Å². The summed E-state index contributed by atoms with van der Waals surface area (Å²) in [5, 5.41) is 24.6. The van der Waals surface area contributed by atoms with Gasteiger partial charge in [-0.05, 0) is 53.5 Å². The van der Waals surface area contributed by atoms with Gasteiger partial charge in [0.15, 0.2) is 5.76 Å². The van der Waals surface area contributed by atoms with Crippen LogP contribution >= 0.6 is 0 Å². The van der Waals surface area contributed by atoms with Crippen LogP contribution in [-0.2, 0) is 46.5 Å². The molecule has 0 aliphatic rings. The van der Waals surface area contributed by atoms with Crippen molar-refractivity contribution in [2.75, 3.05) is 13.2 Å². The average Bonchev–Trinajstić information content (AvgIpc) is 3.78. The molecule has 0 saturated heterocycles. The van der Waals surface area contributed by atoms with Crippen molar-refractivity contribution in [1.29, 1.82) is 0 Å². The van der Waals surface area contributed by atoms with Crippen LogP contribution in [-0.4, -0.2) is 102 Å². The van der Waals surface area contributed by atoms with Crippen LogP contribution < -0.4 is 31.9 Å². The SMILES string of the molecule is [2H]C(OC[C@H](NC(=O)[C@H](CO)NC(=O)c1ccco1)C(=O)N[C@@H](Cc1ccccc1C)C(=O)N[C@H](C(=O)N[C@@H](CC(C)C)C(=O)NC(C=O)CC(F)(F)F)C(C)(C)C)c1ccccc1. The van der Waals surface area contributed by atoms with Crippen LogP contribution in [0.4, 0.5) is 13.2 Å². The normalized spacial score (nSPS) is 15.3.